The van der Waals surface area contributed by atoms with E-state index in [-0.39, 0.29) is 0 Å². The minimum Gasteiger partial charge on any atom is -0.296 e. The van der Waals surface area contributed by atoms with E-state index in [1.54, 1.807) is 0 Å². The van der Waals surface area contributed by atoms with Crippen molar-refractivity contribution in [2.24, 2.45) is 0 Å². The molecule has 0 aliphatic rings. The molecular weight excluding hydrogens is 332 g/mol. The first kappa shape index (κ1) is 15.3. The van der Waals surface area contributed by atoms with Crippen LogP contribution in [0, 0.1) is 6.92 Å². The number of thiol groups is 1. The van der Waals surface area contributed by atoms with Crippen molar-refractivity contribution in [3.63, 3.8) is 0 Å². The first-order valence-electron chi connectivity index (χ1n) is 6.71. The summed E-state index contributed by atoms with van der Waals surface area (Å²) in [5.41, 5.74) is 3.92. The summed E-state index contributed by atoms with van der Waals surface area (Å²) in [6, 6.07) is 15.6. The third-order valence-electron chi connectivity index (χ3n) is 3.42. The minimum atomic E-state index is 0.561. The summed E-state index contributed by atoms with van der Waals surface area (Å²) < 4.78 is 2.65. The molecule has 2 nitrogen and oxygen atoms in total. The molecule has 3 aromatic rings. The molecule has 0 aliphatic carbocycles. The van der Waals surface area contributed by atoms with Gasteiger partial charge in [-0.05, 0) is 37.3 Å². The second-order valence-electron chi connectivity index (χ2n) is 4.89. The largest absolute Gasteiger partial charge is 0.296 e. The molecule has 0 amide bonds. The van der Waals surface area contributed by atoms with Gasteiger partial charge in [0.1, 0.15) is 5.82 Å². The molecule has 0 atom stereocenters. The van der Waals surface area contributed by atoms with E-state index in [0.717, 1.165) is 28.3 Å². The summed E-state index contributed by atoms with van der Waals surface area (Å²) in [7, 11) is 0. The fourth-order valence-electron chi connectivity index (χ4n) is 2.39. The van der Waals surface area contributed by atoms with Gasteiger partial charge in [-0.3, -0.25) is 4.57 Å². The van der Waals surface area contributed by atoms with E-state index in [4.69, 9.17) is 23.8 Å². The number of hydrogen-bond donors (Lipinski definition) is 1. The Morgan fingerprint density at radius 3 is 2.50 bits per heavy atom. The number of rotatable bonds is 3. The highest BCUT2D eigenvalue weighted by molar-refractivity contribution is 8.11. The Morgan fingerprint density at radius 1 is 1.14 bits per heavy atom. The van der Waals surface area contributed by atoms with E-state index in [2.05, 4.69) is 22.2 Å². The van der Waals surface area contributed by atoms with Crippen LogP contribution < -0.4 is 0 Å². The van der Waals surface area contributed by atoms with E-state index in [1.807, 2.05) is 61.7 Å². The van der Waals surface area contributed by atoms with Crippen molar-refractivity contribution in [2.45, 2.75) is 6.92 Å². The molecule has 2 aromatic carbocycles. The molecule has 0 saturated heterocycles. The Balaban J connectivity index is 2.23. The molecule has 0 unspecified atom stereocenters. The Hall–Kier alpha value is -1.62. The highest BCUT2D eigenvalue weighted by atomic mass is 35.5. The average Bonchev–Trinajstić information content (AvgIpc) is 2.89. The fraction of sp³-hybridized carbons (Fsp3) is 0.0588. The Bertz CT molecular complexity index is 838. The summed E-state index contributed by atoms with van der Waals surface area (Å²) in [6.07, 6.45) is 1.85. The van der Waals surface area contributed by atoms with Gasteiger partial charge in [-0.25, -0.2) is 4.98 Å². The van der Waals surface area contributed by atoms with Crippen molar-refractivity contribution in [3.8, 4) is 17.1 Å². The summed E-state index contributed by atoms with van der Waals surface area (Å²) in [4.78, 5) is 4.54. The van der Waals surface area contributed by atoms with Crippen LogP contribution in [0.15, 0.2) is 54.7 Å². The quantitative estimate of drug-likeness (QED) is 0.525. The fourth-order valence-corrected chi connectivity index (χ4v) is 2.88. The molecule has 22 heavy (non-hydrogen) atoms. The van der Waals surface area contributed by atoms with E-state index in [9.17, 15) is 0 Å². The topological polar surface area (TPSA) is 17.8 Å². The molecule has 0 N–H and O–H groups in total. The molecule has 0 bridgehead atoms. The van der Waals surface area contributed by atoms with Gasteiger partial charge in [-0.1, -0.05) is 42.0 Å². The predicted octanol–water partition coefficient (Wildman–Crippen LogP) is 5.11. The van der Waals surface area contributed by atoms with Crippen molar-refractivity contribution >= 4 is 40.6 Å². The van der Waals surface area contributed by atoms with Crippen LogP contribution in [-0.4, -0.2) is 13.7 Å². The van der Waals surface area contributed by atoms with Crippen LogP contribution in [0.5, 0.6) is 0 Å². The molecule has 0 aliphatic heterocycles. The first-order valence-corrected chi connectivity index (χ1v) is 7.94. The number of thiocarbonyl (C=S) groups is 1. The number of hydrogen-bond acceptors (Lipinski definition) is 2. The van der Waals surface area contributed by atoms with Gasteiger partial charge in [0.05, 0.1) is 9.88 Å². The van der Waals surface area contributed by atoms with Gasteiger partial charge in [0.15, 0.2) is 0 Å². The molecule has 1 aromatic heterocycles. The zero-order valence-corrected chi connectivity index (χ0v) is 14.3. The molecule has 0 saturated carbocycles. The van der Waals surface area contributed by atoms with E-state index in [0.29, 0.717) is 9.22 Å². The number of benzene rings is 2. The molecule has 1 heterocycles. The summed E-state index contributed by atoms with van der Waals surface area (Å²) in [6.45, 7) is 2.02. The second-order valence-corrected chi connectivity index (χ2v) is 6.48. The minimum absolute atomic E-state index is 0.561. The number of halogens is 1. The molecule has 0 radical (unpaired) electrons. The van der Waals surface area contributed by atoms with Crippen molar-refractivity contribution < 1.29 is 0 Å². The maximum atomic E-state index is 5.97. The normalized spacial score (nSPS) is 10.7. The van der Waals surface area contributed by atoms with Gasteiger partial charge in [-0.15, -0.1) is 12.6 Å². The van der Waals surface area contributed by atoms with Gasteiger partial charge in [0.2, 0.25) is 0 Å². The monoisotopic (exact) mass is 344 g/mol. The lowest BCUT2D eigenvalue weighted by Gasteiger charge is -2.14. The maximum Gasteiger partial charge on any atom is 0.144 e. The molecule has 110 valence electrons. The molecule has 0 fully saturated rings. The number of para-hydroxylation sites is 1. The van der Waals surface area contributed by atoms with Crippen molar-refractivity contribution in [1.82, 2.24) is 9.55 Å². The number of aromatic nitrogens is 2. The van der Waals surface area contributed by atoms with Crippen molar-refractivity contribution in [3.05, 3.63) is 71.0 Å². The predicted molar refractivity (Wildman–Crippen MR) is 99.4 cm³/mol. The Labute approximate surface area is 145 Å². The standard InChI is InChI=1S/C17H13ClN2S2/c1-11-10-19-16(12-6-8-13(18)9-7-12)20(11)15-5-3-2-4-14(15)17(21)22/h2-10H,1H3,(H,21,22). The van der Waals surface area contributed by atoms with Crippen LogP contribution in [0.4, 0.5) is 0 Å². The van der Waals surface area contributed by atoms with Gasteiger partial charge in [0, 0.05) is 28.0 Å². The third kappa shape index (κ3) is 2.82. The lowest BCUT2D eigenvalue weighted by molar-refractivity contribution is 1.01. The Morgan fingerprint density at radius 2 is 1.82 bits per heavy atom. The molecule has 3 rings (SSSR count). The van der Waals surface area contributed by atoms with Gasteiger partial charge < -0.3 is 0 Å². The van der Waals surface area contributed by atoms with Crippen molar-refractivity contribution in [1.29, 1.82) is 0 Å². The molecule has 5 heteroatoms. The zero-order chi connectivity index (χ0) is 15.7. The summed E-state index contributed by atoms with van der Waals surface area (Å²) in [5, 5.41) is 0.704. The summed E-state index contributed by atoms with van der Waals surface area (Å²) in [5.74, 6) is 0.853. The van der Waals surface area contributed by atoms with Crippen LogP contribution in [0.25, 0.3) is 17.1 Å². The smallest absolute Gasteiger partial charge is 0.144 e. The van der Waals surface area contributed by atoms with Gasteiger partial charge >= 0.3 is 0 Å². The highest BCUT2D eigenvalue weighted by Crippen LogP contribution is 2.27. The molecule has 0 spiro atoms. The summed E-state index contributed by atoms with van der Waals surface area (Å²) >= 11 is 15.6. The van der Waals surface area contributed by atoms with Crippen LogP contribution in [-0.2, 0) is 0 Å². The van der Waals surface area contributed by atoms with E-state index in [1.165, 1.54) is 0 Å². The van der Waals surface area contributed by atoms with Crippen LogP contribution in [0.2, 0.25) is 5.02 Å². The number of aryl methyl sites for hydroxylation is 1. The van der Waals surface area contributed by atoms with Gasteiger partial charge in [-0.2, -0.15) is 0 Å². The zero-order valence-electron chi connectivity index (χ0n) is 11.8. The lowest BCUT2D eigenvalue weighted by Crippen LogP contribution is -2.05. The van der Waals surface area contributed by atoms with Crippen LogP contribution in [0.3, 0.4) is 0 Å². The van der Waals surface area contributed by atoms with Crippen molar-refractivity contribution in [2.75, 3.05) is 0 Å². The highest BCUT2D eigenvalue weighted by Gasteiger charge is 2.14. The first-order chi connectivity index (χ1) is 10.6. The third-order valence-corrected chi connectivity index (χ3v) is 4.13. The molecular formula is C17H13ClN2S2. The SMILES string of the molecule is Cc1cnc(-c2ccc(Cl)cc2)n1-c1ccccc1C(=S)S. The van der Waals surface area contributed by atoms with E-state index >= 15 is 0 Å². The van der Waals surface area contributed by atoms with Gasteiger partial charge in [0.25, 0.3) is 0 Å². The second kappa shape index (κ2) is 6.24. The maximum absolute atomic E-state index is 5.97. The lowest BCUT2D eigenvalue weighted by atomic mass is 10.1. The van der Waals surface area contributed by atoms with Crippen LogP contribution >= 0.6 is 36.4 Å². The number of nitrogens with zero attached hydrogens (tertiary/aromatic N) is 2. The Kier molecular flexibility index (Phi) is 4.34. The van der Waals surface area contributed by atoms with E-state index < -0.39 is 0 Å². The number of imidazole rings is 1. The van der Waals surface area contributed by atoms with Crippen LogP contribution in [0.1, 0.15) is 11.3 Å². The average molecular weight is 345 g/mol.